The van der Waals surface area contributed by atoms with Crippen molar-refractivity contribution in [3.63, 3.8) is 0 Å². The summed E-state index contributed by atoms with van der Waals surface area (Å²) in [7, 11) is 0. The molecule has 0 aliphatic heterocycles. The van der Waals surface area contributed by atoms with Gasteiger partial charge in [0.1, 0.15) is 0 Å². The van der Waals surface area contributed by atoms with E-state index in [1.165, 1.54) is 23.9 Å². The number of rotatable bonds is 3. The van der Waals surface area contributed by atoms with Gasteiger partial charge in [0.2, 0.25) is 0 Å². The van der Waals surface area contributed by atoms with E-state index in [-0.39, 0.29) is 51.4 Å². The summed E-state index contributed by atoms with van der Waals surface area (Å²) in [5.41, 5.74) is -0.587. The summed E-state index contributed by atoms with van der Waals surface area (Å²) in [5.74, 6) is 0.502. The van der Waals surface area contributed by atoms with Crippen molar-refractivity contribution < 1.29 is 64.3 Å². The first kappa shape index (κ1) is 15.8. The summed E-state index contributed by atoms with van der Waals surface area (Å²) in [6.45, 7) is -4.27. The molecule has 1 aromatic rings. The molecule has 0 bridgehead atoms. The van der Waals surface area contributed by atoms with Crippen LogP contribution in [0.1, 0.15) is 32.1 Å². The number of halogens is 3. The monoisotopic (exact) mass is 270 g/mol. The number of aromatic nitrogens is 2. The van der Waals surface area contributed by atoms with E-state index < -0.39 is 12.4 Å². The third-order valence-electron chi connectivity index (χ3n) is 3.20. The zero-order chi connectivity index (χ0) is 11.6. The van der Waals surface area contributed by atoms with Crippen LogP contribution in [-0.2, 0) is 6.54 Å². The Morgan fingerprint density at radius 3 is 2.41 bits per heavy atom. The molecule has 0 aromatic carbocycles. The van der Waals surface area contributed by atoms with Crippen LogP contribution in [0.3, 0.4) is 0 Å². The summed E-state index contributed by atoms with van der Waals surface area (Å²) in [5, 5.41) is 3.79. The molecule has 1 heterocycles. The summed E-state index contributed by atoms with van der Waals surface area (Å²) < 4.78 is 38.6. The standard InChI is InChI=1S/C10H15BF3N2.K/c12-11(13,14)10-6-15-16(8-10)7-9-4-2-1-3-5-9;/h6,8-9H,1-5,7H2;/q-1;+1. The predicted octanol–water partition coefficient (Wildman–Crippen LogP) is -0.478. The van der Waals surface area contributed by atoms with Gasteiger partial charge < -0.3 is 12.9 Å². The molecule has 1 aliphatic rings. The number of hydrogen-bond donors (Lipinski definition) is 0. The zero-order valence-electron chi connectivity index (χ0n) is 10.1. The minimum Gasteiger partial charge on any atom is -0.445 e. The van der Waals surface area contributed by atoms with Crippen LogP contribution in [0, 0.1) is 5.92 Å². The van der Waals surface area contributed by atoms with Crippen LogP contribution in [0.2, 0.25) is 0 Å². The van der Waals surface area contributed by atoms with Crippen molar-refractivity contribution in [3.05, 3.63) is 12.4 Å². The van der Waals surface area contributed by atoms with Gasteiger partial charge >= 0.3 is 58.4 Å². The van der Waals surface area contributed by atoms with E-state index in [0.29, 0.717) is 12.5 Å². The Balaban J connectivity index is 0.00000144. The van der Waals surface area contributed by atoms with Gasteiger partial charge in [-0.15, -0.1) is 0 Å². The van der Waals surface area contributed by atoms with E-state index in [2.05, 4.69) is 5.10 Å². The molecule has 0 saturated heterocycles. The first-order valence-corrected chi connectivity index (χ1v) is 5.78. The van der Waals surface area contributed by atoms with Crippen LogP contribution in [0.5, 0.6) is 0 Å². The normalized spacial score (nSPS) is 17.8. The van der Waals surface area contributed by atoms with Crippen LogP contribution in [0.25, 0.3) is 0 Å². The Kier molecular flexibility index (Phi) is 6.26. The SMILES string of the molecule is F[B-](F)(F)c1cnn(CC2CCCCC2)c1.[K+]. The maximum atomic E-state index is 12.4. The predicted molar refractivity (Wildman–Crippen MR) is 57.5 cm³/mol. The molecule has 90 valence electrons. The molecule has 7 heteroatoms. The van der Waals surface area contributed by atoms with Crippen LogP contribution in [0.4, 0.5) is 12.9 Å². The second-order valence-corrected chi connectivity index (χ2v) is 4.57. The molecule has 1 fully saturated rings. The van der Waals surface area contributed by atoms with Gasteiger partial charge in [0.25, 0.3) is 0 Å². The minimum atomic E-state index is -4.90. The first-order chi connectivity index (χ1) is 7.55. The van der Waals surface area contributed by atoms with Crippen molar-refractivity contribution in [1.82, 2.24) is 9.78 Å². The van der Waals surface area contributed by atoms with Gasteiger partial charge in [0.05, 0.1) is 0 Å². The molecule has 0 spiro atoms. The topological polar surface area (TPSA) is 17.8 Å². The van der Waals surface area contributed by atoms with Gasteiger partial charge in [-0.25, -0.2) is 0 Å². The van der Waals surface area contributed by atoms with E-state index in [0.717, 1.165) is 25.2 Å². The van der Waals surface area contributed by atoms with Crippen molar-refractivity contribution in [3.8, 4) is 0 Å². The van der Waals surface area contributed by atoms with E-state index >= 15 is 0 Å². The van der Waals surface area contributed by atoms with Crippen molar-refractivity contribution in [1.29, 1.82) is 0 Å². The Labute approximate surface area is 142 Å². The summed E-state index contributed by atoms with van der Waals surface area (Å²) in [6, 6.07) is 0. The molecule has 0 atom stereocenters. The van der Waals surface area contributed by atoms with Gasteiger partial charge in [-0.1, -0.05) is 24.7 Å². The van der Waals surface area contributed by atoms with E-state index in [1.54, 1.807) is 0 Å². The fourth-order valence-corrected chi connectivity index (χ4v) is 2.28. The average molecular weight is 270 g/mol. The Bertz CT molecular complexity index is 348. The Morgan fingerprint density at radius 2 is 1.88 bits per heavy atom. The molecular formula is C10H15BF3KN2. The van der Waals surface area contributed by atoms with Crippen LogP contribution >= 0.6 is 0 Å². The molecule has 0 unspecified atom stereocenters. The minimum absolute atomic E-state index is 0. The quantitative estimate of drug-likeness (QED) is 0.679. The maximum Gasteiger partial charge on any atom is 1.00 e. The van der Waals surface area contributed by atoms with Crippen molar-refractivity contribution >= 4 is 12.4 Å². The van der Waals surface area contributed by atoms with Crippen molar-refractivity contribution in [2.24, 2.45) is 5.92 Å². The van der Waals surface area contributed by atoms with Gasteiger partial charge in [0.15, 0.2) is 0 Å². The number of hydrogen-bond acceptors (Lipinski definition) is 1. The van der Waals surface area contributed by atoms with Crippen molar-refractivity contribution in [2.75, 3.05) is 0 Å². The molecule has 0 amide bonds. The van der Waals surface area contributed by atoms with Crippen LogP contribution in [0.15, 0.2) is 12.4 Å². The molecular weight excluding hydrogens is 255 g/mol. The molecule has 2 nitrogen and oxygen atoms in total. The second-order valence-electron chi connectivity index (χ2n) is 4.57. The fourth-order valence-electron chi connectivity index (χ4n) is 2.28. The van der Waals surface area contributed by atoms with E-state index in [9.17, 15) is 12.9 Å². The molecule has 1 aromatic heterocycles. The molecule has 17 heavy (non-hydrogen) atoms. The summed E-state index contributed by atoms with van der Waals surface area (Å²) in [6.07, 6.45) is 7.95. The van der Waals surface area contributed by atoms with Gasteiger partial charge in [-0.2, -0.15) is 5.10 Å². The van der Waals surface area contributed by atoms with Gasteiger partial charge in [-0.05, 0) is 25.0 Å². The molecule has 1 aliphatic carbocycles. The summed E-state index contributed by atoms with van der Waals surface area (Å²) >= 11 is 0. The third kappa shape index (κ3) is 4.70. The van der Waals surface area contributed by atoms with Gasteiger partial charge in [0, 0.05) is 12.7 Å². The van der Waals surface area contributed by atoms with E-state index in [1.807, 2.05) is 0 Å². The average Bonchev–Trinajstić information content (AvgIpc) is 2.67. The Morgan fingerprint density at radius 1 is 1.24 bits per heavy atom. The van der Waals surface area contributed by atoms with Crippen LogP contribution < -0.4 is 56.8 Å². The van der Waals surface area contributed by atoms with Crippen LogP contribution in [-0.4, -0.2) is 16.8 Å². The molecule has 0 radical (unpaired) electrons. The second kappa shape index (κ2) is 6.75. The zero-order valence-corrected chi connectivity index (χ0v) is 13.2. The largest absolute Gasteiger partial charge is 1.00 e. The molecule has 0 N–H and O–H groups in total. The summed E-state index contributed by atoms with van der Waals surface area (Å²) in [4.78, 5) is 0. The third-order valence-corrected chi connectivity index (χ3v) is 3.20. The molecule has 1 saturated carbocycles. The van der Waals surface area contributed by atoms with Crippen molar-refractivity contribution in [2.45, 2.75) is 38.6 Å². The smallest absolute Gasteiger partial charge is 0.445 e. The molecule has 2 rings (SSSR count). The van der Waals surface area contributed by atoms with Gasteiger partial charge in [-0.3, -0.25) is 4.68 Å². The van der Waals surface area contributed by atoms with E-state index in [4.69, 9.17) is 0 Å². The maximum absolute atomic E-state index is 12.4. The fraction of sp³-hybridized carbons (Fsp3) is 0.700. The Hall–Kier alpha value is 0.701. The first-order valence-electron chi connectivity index (χ1n) is 5.78. The number of nitrogens with zero attached hydrogens (tertiary/aromatic N) is 2.